The van der Waals surface area contributed by atoms with E-state index in [2.05, 4.69) is 6.92 Å². The van der Waals surface area contributed by atoms with Crippen molar-refractivity contribution in [2.45, 2.75) is 76.6 Å². The van der Waals surface area contributed by atoms with Crippen molar-refractivity contribution in [1.29, 1.82) is 0 Å². The summed E-state index contributed by atoms with van der Waals surface area (Å²) >= 11 is 0. The van der Waals surface area contributed by atoms with Gasteiger partial charge in [0.05, 0.1) is 17.8 Å². The molecule has 0 fully saturated rings. The molecule has 3 atom stereocenters. The Labute approximate surface area is 145 Å². The van der Waals surface area contributed by atoms with E-state index < -0.39 is 23.8 Å². The Morgan fingerprint density at radius 3 is 2.38 bits per heavy atom. The zero-order valence-corrected chi connectivity index (χ0v) is 14.8. The van der Waals surface area contributed by atoms with Gasteiger partial charge in [-0.25, -0.2) is 0 Å². The molecular weight excluding hydrogens is 308 g/mol. The van der Waals surface area contributed by atoms with Crippen molar-refractivity contribution in [3.05, 3.63) is 36.5 Å². The van der Waals surface area contributed by atoms with Crippen LogP contribution in [0.1, 0.15) is 58.8 Å². The molecule has 0 saturated heterocycles. The molecule has 0 aromatic heterocycles. The fourth-order valence-electron chi connectivity index (χ4n) is 2.15. The van der Waals surface area contributed by atoms with E-state index in [1.807, 2.05) is 0 Å². The van der Waals surface area contributed by atoms with E-state index in [1.54, 1.807) is 37.3 Å². The summed E-state index contributed by atoms with van der Waals surface area (Å²) in [5.74, 6) is -0.910. The first-order valence-electron chi connectivity index (χ1n) is 8.61. The van der Waals surface area contributed by atoms with Gasteiger partial charge >= 0.3 is 5.97 Å². The van der Waals surface area contributed by atoms with Crippen molar-refractivity contribution >= 4 is 5.97 Å². The summed E-state index contributed by atoms with van der Waals surface area (Å²) in [6.45, 7) is 3.90. The lowest BCUT2D eigenvalue weighted by Gasteiger charge is -2.18. The fourth-order valence-corrected chi connectivity index (χ4v) is 2.15. The lowest BCUT2D eigenvalue weighted by atomic mass is 9.98. The molecule has 0 radical (unpaired) electrons. The monoisotopic (exact) mass is 340 g/mol. The second-order valence-corrected chi connectivity index (χ2v) is 6.29. The molecule has 0 rings (SSSR count). The molecule has 24 heavy (non-hydrogen) atoms. The van der Waals surface area contributed by atoms with Gasteiger partial charge in [-0.1, -0.05) is 62.6 Å². The molecule has 0 bridgehead atoms. The highest BCUT2D eigenvalue weighted by Gasteiger charge is 2.14. The Morgan fingerprint density at radius 1 is 1.08 bits per heavy atom. The number of aliphatic hydroxyl groups excluding tert-OH is 2. The molecular formula is C19H32O5. The van der Waals surface area contributed by atoms with Crippen LogP contribution in [0.2, 0.25) is 0 Å². The number of carboxylic acid groups (broad SMARTS) is 1. The molecule has 0 aliphatic rings. The van der Waals surface area contributed by atoms with Crippen LogP contribution in [0.3, 0.4) is 0 Å². The van der Waals surface area contributed by atoms with Crippen LogP contribution in [0.25, 0.3) is 0 Å². The zero-order valence-electron chi connectivity index (χ0n) is 14.8. The van der Waals surface area contributed by atoms with Crippen molar-refractivity contribution in [2.75, 3.05) is 0 Å². The number of allylic oxidation sites excluding steroid dienone is 4. The van der Waals surface area contributed by atoms with Crippen molar-refractivity contribution in [3.63, 3.8) is 0 Å². The Bertz CT molecular complexity index is 423. The van der Waals surface area contributed by atoms with Crippen LogP contribution < -0.4 is 0 Å². The number of carboxylic acids is 1. The average Bonchev–Trinajstić information content (AvgIpc) is 2.50. The lowest BCUT2D eigenvalue weighted by molar-refractivity contribution is -0.137. The lowest BCUT2D eigenvalue weighted by Crippen LogP contribution is -2.23. The molecule has 0 aliphatic heterocycles. The van der Waals surface area contributed by atoms with Crippen molar-refractivity contribution in [2.24, 2.45) is 0 Å². The van der Waals surface area contributed by atoms with E-state index in [1.165, 1.54) is 6.08 Å². The summed E-state index contributed by atoms with van der Waals surface area (Å²) in [5.41, 5.74) is -0.816. The number of aliphatic carboxylic acids is 1. The smallest absolute Gasteiger partial charge is 0.303 e. The third-order valence-electron chi connectivity index (χ3n) is 3.67. The highest BCUT2D eigenvalue weighted by Crippen LogP contribution is 2.16. The topological polar surface area (TPSA) is 98.0 Å². The molecule has 138 valence electrons. The standard InChI is InChI=1S/C19H32O5/c1-3-4-8-14-19(2,24)15-9-6-5-7-11-16(20)17(21)12-10-13-18(22)23/h5-7,9,11,15-17,20-21,24H,3-4,8,10,12-14H2,1-2H3,(H,22,23)/b6-5-,11-7+,15-9+/t16-,17+,19?/m1/s1. The largest absolute Gasteiger partial charge is 0.481 e. The summed E-state index contributed by atoms with van der Waals surface area (Å²) in [6.07, 6.45) is 12.5. The van der Waals surface area contributed by atoms with Gasteiger partial charge in [0.2, 0.25) is 0 Å². The van der Waals surface area contributed by atoms with E-state index in [0.29, 0.717) is 6.42 Å². The van der Waals surface area contributed by atoms with Crippen LogP contribution in [0.4, 0.5) is 0 Å². The normalized spacial score (nSPS) is 17.5. The molecule has 0 aliphatic carbocycles. The van der Waals surface area contributed by atoms with Crippen LogP contribution >= 0.6 is 0 Å². The summed E-state index contributed by atoms with van der Waals surface area (Å²) < 4.78 is 0. The van der Waals surface area contributed by atoms with Gasteiger partial charge in [-0.3, -0.25) is 4.79 Å². The highest BCUT2D eigenvalue weighted by molar-refractivity contribution is 5.66. The predicted molar refractivity (Wildman–Crippen MR) is 95.7 cm³/mol. The molecule has 5 heteroatoms. The van der Waals surface area contributed by atoms with E-state index in [9.17, 15) is 20.1 Å². The van der Waals surface area contributed by atoms with Crippen molar-refractivity contribution < 1.29 is 25.2 Å². The van der Waals surface area contributed by atoms with Gasteiger partial charge in [-0.2, -0.15) is 0 Å². The van der Waals surface area contributed by atoms with E-state index in [4.69, 9.17) is 5.11 Å². The highest BCUT2D eigenvalue weighted by atomic mass is 16.4. The second-order valence-electron chi connectivity index (χ2n) is 6.29. The van der Waals surface area contributed by atoms with Gasteiger partial charge < -0.3 is 20.4 Å². The molecule has 0 heterocycles. The quantitative estimate of drug-likeness (QED) is 0.305. The number of hydrogen-bond donors (Lipinski definition) is 4. The van der Waals surface area contributed by atoms with Crippen molar-refractivity contribution in [1.82, 2.24) is 0 Å². The molecule has 4 N–H and O–H groups in total. The van der Waals surface area contributed by atoms with Crippen LogP contribution in [0.15, 0.2) is 36.5 Å². The van der Waals surface area contributed by atoms with Gasteiger partial charge in [-0.15, -0.1) is 0 Å². The minimum Gasteiger partial charge on any atom is -0.481 e. The minimum atomic E-state index is -1.02. The maximum Gasteiger partial charge on any atom is 0.303 e. The first-order valence-corrected chi connectivity index (χ1v) is 8.61. The van der Waals surface area contributed by atoms with Gasteiger partial charge in [0, 0.05) is 6.42 Å². The van der Waals surface area contributed by atoms with Gasteiger partial charge in [0.25, 0.3) is 0 Å². The van der Waals surface area contributed by atoms with Crippen LogP contribution in [0.5, 0.6) is 0 Å². The van der Waals surface area contributed by atoms with E-state index in [0.717, 1.165) is 25.7 Å². The first kappa shape index (κ1) is 22.6. The molecule has 0 spiro atoms. The number of aliphatic hydroxyl groups is 3. The number of carbonyl (C=O) groups is 1. The Kier molecular flexibility index (Phi) is 12.2. The van der Waals surface area contributed by atoms with Gasteiger partial charge in [0.15, 0.2) is 0 Å². The minimum absolute atomic E-state index is 0.0175. The third kappa shape index (κ3) is 13.0. The summed E-state index contributed by atoms with van der Waals surface area (Å²) in [5, 5.41) is 38.0. The van der Waals surface area contributed by atoms with Crippen molar-refractivity contribution in [3.8, 4) is 0 Å². The van der Waals surface area contributed by atoms with Crippen LogP contribution in [-0.2, 0) is 4.79 Å². The Hall–Kier alpha value is -1.43. The summed E-state index contributed by atoms with van der Waals surface area (Å²) in [4.78, 5) is 10.4. The Morgan fingerprint density at radius 2 is 1.75 bits per heavy atom. The number of rotatable bonds is 13. The van der Waals surface area contributed by atoms with Crippen LogP contribution in [-0.4, -0.2) is 44.2 Å². The third-order valence-corrected chi connectivity index (χ3v) is 3.67. The maximum atomic E-state index is 10.4. The molecule has 5 nitrogen and oxygen atoms in total. The predicted octanol–water partition coefficient (Wildman–Crippen LogP) is 2.96. The summed E-state index contributed by atoms with van der Waals surface area (Å²) in [6, 6.07) is 0. The number of unbranched alkanes of at least 4 members (excludes halogenated alkanes) is 2. The van der Waals surface area contributed by atoms with E-state index >= 15 is 0 Å². The molecule has 1 unspecified atom stereocenters. The zero-order chi connectivity index (χ0) is 18.4. The SMILES string of the molecule is CCCCCC(C)(O)/C=C/C=C\C=C\[C@@H](O)[C@@H](O)CCCC(=O)O. The van der Waals surface area contributed by atoms with E-state index in [-0.39, 0.29) is 12.8 Å². The average molecular weight is 340 g/mol. The summed E-state index contributed by atoms with van der Waals surface area (Å²) in [7, 11) is 0. The Balaban J connectivity index is 4.12. The molecule has 0 amide bonds. The van der Waals surface area contributed by atoms with Gasteiger partial charge in [-0.05, 0) is 26.2 Å². The van der Waals surface area contributed by atoms with Crippen LogP contribution in [0, 0.1) is 0 Å². The fraction of sp³-hybridized carbons (Fsp3) is 0.632. The maximum absolute atomic E-state index is 10.4. The second kappa shape index (κ2) is 12.9. The first-order chi connectivity index (χ1) is 11.3. The molecule has 0 saturated carbocycles. The molecule has 0 aromatic rings. The van der Waals surface area contributed by atoms with Gasteiger partial charge in [0.1, 0.15) is 0 Å². The molecule has 0 aromatic carbocycles. The number of hydrogen-bond acceptors (Lipinski definition) is 4.